The molecule has 1 aromatic carbocycles. The lowest BCUT2D eigenvalue weighted by atomic mass is 9.73. The third kappa shape index (κ3) is 2.75. The second-order valence-electron chi connectivity index (χ2n) is 4.20. The number of nitrogens with zero attached hydrogens (tertiary/aromatic N) is 1. The quantitative estimate of drug-likeness (QED) is 0.755. The molecule has 2 nitrogen and oxygen atoms in total. The van der Waals surface area contributed by atoms with Crippen molar-refractivity contribution >= 4 is 12.7 Å². The van der Waals surface area contributed by atoms with Gasteiger partial charge in [-0.1, -0.05) is 25.1 Å². The summed E-state index contributed by atoms with van der Waals surface area (Å²) in [5, 5.41) is 3.60. The molecule has 1 heterocycles. The Morgan fingerprint density at radius 2 is 2.13 bits per heavy atom. The Kier molecular flexibility index (Phi) is 3.67. The molecule has 0 aliphatic carbocycles. The van der Waals surface area contributed by atoms with Crippen molar-refractivity contribution in [3.8, 4) is 0 Å². The van der Waals surface area contributed by atoms with E-state index in [1.54, 1.807) is 0 Å². The van der Waals surface area contributed by atoms with Crippen molar-refractivity contribution < 1.29 is 0 Å². The molecule has 0 amide bonds. The van der Waals surface area contributed by atoms with E-state index in [-0.39, 0.29) is 0 Å². The summed E-state index contributed by atoms with van der Waals surface area (Å²) in [6.07, 6.45) is 3.84. The highest BCUT2D eigenvalue weighted by molar-refractivity contribution is 6.60. The molecule has 0 aromatic heterocycles. The molecule has 1 N–H and O–H groups in total. The van der Waals surface area contributed by atoms with Crippen molar-refractivity contribution in [2.75, 3.05) is 18.3 Å². The lowest BCUT2D eigenvalue weighted by Crippen LogP contribution is -2.40. The van der Waals surface area contributed by atoms with Gasteiger partial charge in [-0.25, -0.2) is 0 Å². The third-order valence-electron chi connectivity index (χ3n) is 2.98. The van der Waals surface area contributed by atoms with E-state index in [4.69, 9.17) is 0 Å². The van der Waals surface area contributed by atoms with E-state index in [1.165, 1.54) is 37.9 Å². The van der Waals surface area contributed by atoms with E-state index in [0.717, 1.165) is 0 Å². The minimum absolute atomic E-state index is 0.548. The molecule has 2 rings (SSSR count). The van der Waals surface area contributed by atoms with E-state index in [0.29, 0.717) is 6.98 Å². The van der Waals surface area contributed by atoms with Gasteiger partial charge < -0.3 is 10.0 Å². The lowest BCUT2D eigenvalue weighted by Gasteiger charge is -2.22. The van der Waals surface area contributed by atoms with E-state index in [1.807, 2.05) is 0 Å². The van der Waals surface area contributed by atoms with Gasteiger partial charge in [0, 0.05) is 5.69 Å². The Morgan fingerprint density at radius 3 is 2.87 bits per heavy atom. The molecule has 1 aliphatic heterocycles. The minimum Gasteiger partial charge on any atom is -0.414 e. The van der Waals surface area contributed by atoms with Crippen LogP contribution in [0.1, 0.15) is 19.8 Å². The summed E-state index contributed by atoms with van der Waals surface area (Å²) in [5.74, 6) is 0. The summed E-state index contributed by atoms with van der Waals surface area (Å²) in [7, 11) is 0. The molecular weight excluding hydrogens is 183 g/mol. The molecule has 1 aromatic rings. The van der Waals surface area contributed by atoms with E-state index < -0.39 is 0 Å². The molecule has 0 atom stereocenters. The second kappa shape index (κ2) is 5.22. The van der Waals surface area contributed by atoms with Gasteiger partial charge in [0.15, 0.2) is 0 Å². The average molecular weight is 202 g/mol. The zero-order chi connectivity index (χ0) is 10.5. The topological polar surface area (TPSA) is 15.3 Å². The molecule has 0 spiro atoms. The zero-order valence-corrected chi connectivity index (χ0v) is 9.45. The molecule has 80 valence electrons. The molecule has 1 fully saturated rings. The molecule has 0 bridgehead atoms. The average Bonchev–Trinajstić information content (AvgIpc) is 2.68. The zero-order valence-electron chi connectivity index (χ0n) is 9.45. The van der Waals surface area contributed by atoms with Crippen molar-refractivity contribution in [2.45, 2.75) is 26.1 Å². The third-order valence-corrected chi connectivity index (χ3v) is 2.98. The maximum absolute atomic E-state index is 3.60. The molecule has 0 unspecified atom stereocenters. The minimum atomic E-state index is 0.548. The fraction of sp³-hybridized carbons (Fsp3) is 0.500. The SMILES string of the molecule is CCCN1CCCB1Nc1ccccc1. The van der Waals surface area contributed by atoms with Crippen LogP contribution in [0.4, 0.5) is 5.69 Å². The Morgan fingerprint density at radius 1 is 1.33 bits per heavy atom. The smallest absolute Gasteiger partial charge is 0.340 e. The first-order valence-corrected chi connectivity index (χ1v) is 5.96. The van der Waals surface area contributed by atoms with Gasteiger partial charge in [0.25, 0.3) is 0 Å². The standard InChI is InChI=1S/C12H19BN2/c1-2-10-15-11-6-9-13(15)14-12-7-4-3-5-8-12/h3-5,7-8,14H,2,6,9-11H2,1H3. The van der Waals surface area contributed by atoms with Crippen LogP contribution < -0.4 is 5.23 Å². The first-order chi connectivity index (χ1) is 7.40. The van der Waals surface area contributed by atoms with Gasteiger partial charge in [-0.3, -0.25) is 0 Å². The fourth-order valence-electron chi connectivity index (χ4n) is 2.27. The molecular formula is C12H19BN2. The first kappa shape index (κ1) is 10.6. The Bertz CT molecular complexity index is 289. The Hall–Kier alpha value is -0.955. The van der Waals surface area contributed by atoms with E-state index in [9.17, 15) is 0 Å². The fourth-order valence-corrected chi connectivity index (χ4v) is 2.27. The van der Waals surface area contributed by atoms with E-state index >= 15 is 0 Å². The normalized spacial score (nSPS) is 17.0. The molecule has 15 heavy (non-hydrogen) atoms. The summed E-state index contributed by atoms with van der Waals surface area (Å²) >= 11 is 0. The van der Waals surface area contributed by atoms with Crippen LogP contribution >= 0.6 is 0 Å². The highest BCUT2D eigenvalue weighted by atomic mass is 15.1. The lowest BCUT2D eigenvalue weighted by molar-refractivity contribution is 0.465. The predicted octanol–water partition coefficient (Wildman–Crippen LogP) is 2.70. The number of rotatable bonds is 4. The van der Waals surface area contributed by atoms with Crippen molar-refractivity contribution in [3.63, 3.8) is 0 Å². The predicted molar refractivity (Wildman–Crippen MR) is 67.1 cm³/mol. The number of nitrogens with one attached hydrogen (secondary N) is 1. The summed E-state index contributed by atoms with van der Waals surface area (Å²) in [5.41, 5.74) is 1.24. The molecule has 1 saturated heterocycles. The molecule has 0 radical (unpaired) electrons. The van der Waals surface area contributed by atoms with Gasteiger partial charge in [-0.2, -0.15) is 0 Å². The van der Waals surface area contributed by atoms with Crippen LogP contribution in [0.2, 0.25) is 6.32 Å². The van der Waals surface area contributed by atoms with Crippen LogP contribution in [0.3, 0.4) is 0 Å². The maximum Gasteiger partial charge on any atom is 0.340 e. The first-order valence-electron chi connectivity index (χ1n) is 5.96. The number of hydrogen-bond donors (Lipinski definition) is 1. The van der Waals surface area contributed by atoms with Crippen LogP contribution in [-0.4, -0.2) is 24.9 Å². The second-order valence-corrected chi connectivity index (χ2v) is 4.20. The van der Waals surface area contributed by atoms with Gasteiger partial charge in [0.1, 0.15) is 0 Å². The van der Waals surface area contributed by atoms with Crippen molar-refractivity contribution in [3.05, 3.63) is 30.3 Å². The molecule has 1 aliphatic rings. The van der Waals surface area contributed by atoms with Crippen molar-refractivity contribution in [2.24, 2.45) is 0 Å². The summed E-state index contributed by atoms with van der Waals surface area (Å²) in [6, 6.07) is 10.5. The number of anilines is 1. The highest BCUT2D eigenvalue weighted by Gasteiger charge is 2.28. The Labute approximate surface area is 92.8 Å². The molecule has 0 saturated carbocycles. The summed E-state index contributed by atoms with van der Waals surface area (Å²) < 4.78 is 0. The maximum atomic E-state index is 3.60. The van der Waals surface area contributed by atoms with Crippen LogP contribution in [0.15, 0.2) is 30.3 Å². The number of para-hydroxylation sites is 1. The van der Waals surface area contributed by atoms with Gasteiger partial charge in [0.2, 0.25) is 0 Å². The van der Waals surface area contributed by atoms with Crippen molar-refractivity contribution in [1.29, 1.82) is 0 Å². The van der Waals surface area contributed by atoms with Crippen molar-refractivity contribution in [1.82, 2.24) is 4.81 Å². The van der Waals surface area contributed by atoms with Crippen LogP contribution in [-0.2, 0) is 0 Å². The van der Waals surface area contributed by atoms with Gasteiger partial charge in [-0.15, -0.1) is 0 Å². The van der Waals surface area contributed by atoms with Crippen LogP contribution in [0, 0.1) is 0 Å². The largest absolute Gasteiger partial charge is 0.414 e. The Balaban J connectivity index is 1.93. The summed E-state index contributed by atoms with van der Waals surface area (Å²) in [6.45, 7) is 5.26. The van der Waals surface area contributed by atoms with E-state index in [2.05, 4.69) is 47.3 Å². The monoisotopic (exact) mass is 202 g/mol. The highest BCUT2D eigenvalue weighted by Crippen LogP contribution is 2.17. The van der Waals surface area contributed by atoms with Gasteiger partial charge in [0.05, 0.1) is 0 Å². The summed E-state index contributed by atoms with van der Waals surface area (Å²) in [4.78, 5) is 2.55. The van der Waals surface area contributed by atoms with Gasteiger partial charge in [-0.05, 0) is 44.4 Å². The van der Waals surface area contributed by atoms with Gasteiger partial charge >= 0.3 is 6.98 Å². The van der Waals surface area contributed by atoms with Crippen LogP contribution in [0.25, 0.3) is 0 Å². The number of benzene rings is 1. The molecule has 3 heteroatoms. The number of hydrogen-bond acceptors (Lipinski definition) is 2. The van der Waals surface area contributed by atoms with Crippen LogP contribution in [0.5, 0.6) is 0 Å².